The van der Waals surface area contributed by atoms with E-state index in [2.05, 4.69) is 12.2 Å². The first-order valence-electron chi connectivity index (χ1n) is 7.07. The molecule has 3 N–H and O–H groups in total. The largest absolute Gasteiger partial charge is 0.497 e. The quantitative estimate of drug-likeness (QED) is 0.837. The summed E-state index contributed by atoms with van der Waals surface area (Å²) >= 11 is 0. The average Bonchev–Trinajstić information content (AvgIpc) is 2.48. The molecule has 130 valence electrons. The van der Waals surface area contributed by atoms with E-state index in [0.717, 1.165) is 29.3 Å². The lowest BCUT2D eigenvalue weighted by Gasteiger charge is -2.02. The summed E-state index contributed by atoms with van der Waals surface area (Å²) in [5.41, 5.74) is 6.66. The van der Waals surface area contributed by atoms with Gasteiger partial charge in [-0.15, -0.1) is 0 Å². The molecule has 1 aromatic rings. The van der Waals surface area contributed by atoms with Crippen molar-refractivity contribution in [1.82, 2.24) is 9.62 Å². The van der Waals surface area contributed by atoms with Crippen LogP contribution in [-0.2, 0) is 16.4 Å². The van der Waals surface area contributed by atoms with Crippen LogP contribution in [0.25, 0.3) is 0 Å². The number of nitrogens with one attached hydrogen (secondary N) is 1. The highest BCUT2D eigenvalue weighted by Crippen LogP contribution is 2.10. The highest BCUT2D eigenvalue weighted by molar-refractivity contribution is 7.88. The zero-order valence-corrected chi connectivity index (χ0v) is 15.4. The van der Waals surface area contributed by atoms with Crippen molar-refractivity contribution in [2.75, 3.05) is 47.6 Å². The SMILES string of the molecule is CCNC.CN(C)S(C)(=O)=O.COc1ccc(CCN)cc1. The lowest BCUT2D eigenvalue weighted by Crippen LogP contribution is -2.19. The number of sulfonamides is 1. The third-order valence-corrected chi connectivity index (χ3v) is 3.94. The first kappa shape index (κ1) is 23.1. The van der Waals surface area contributed by atoms with Gasteiger partial charge >= 0.3 is 0 Å². The summed E-state index contributed by atoms with van der Waals surface area (Å²) in [5.74, 6) is 0.894. The van der Waals surface area contributed by atoms with Crippen molar-refractivity contribution in [1.29, 1.82) is 0 Å². The maximum absolute atomic E-state index is 10.3. The van der Waals surface area contributed by atoms with E-state index in [1.165, 1.54) is 19.7 Å². The van der Waals surface area contributed by atoms with Crippen LogP contribution in [-0.4, -0.2) is 60.3 Å². The van der Waals surface area contributed by atoms with Gasteiger partial charge in [0.15, 0.2) is 0 Å². The van der Waals surface area contributed by atoms with Crippen LogP contribution >= 0.6 is 0 Å². The van der Waals surface area contributed by atoms with Gasteiger partial charge < -0.3 is 15.8 Å². The van der Waals surface area contributed by atoms with Crippen molar-refractivity contribution in [2.24, 2.45) is 5.73 Å². The molecule has 0 aliphatic carbocycles. The van der Waals surface area contributed by atoms with Crippen molar-refractivity contribution < 1.29 is 13.2 Å². The average molecular weight is 333 g/mol. The van der Waals surface area contributed by atoms with Gasteiger partial charge in [0.1, 0.15) is 5.75 Å². The second kappa shape index (κ2) is 13.5. The highest BCUT2D eigenvalue weighted by Gasteiger charge is 2.00. The standard InChI is InChI=1S/C9H13NO.C3H9NO2S.C3H9N/c1-11-9-4-2-8(3-5-9)6-7-10;1-4(2)7(3,5)6;1-3-4-2/h2-5H,6-7,10H2,1H3;1-3H3;4H,3H2,1-2H3. The van der Waals surface area contributed by atoms with Crippen LogP contribution in [0.15, 0.2) is 24.3 Å². The van der Waals surface area contributed by atoms with Gasteiger partial charge in [-0.3, -0.25) is 0 Å². The molecular formula is C15H31N3O3S. The van der Waals surface area contributed by atoms with E-state index in [0.29, 0.717) is 6.54 Å². The van der Waals surface area contributed by atoms with Crippen molar-refractivity contribution in [3.05, 3.63) is 29.8 Å². The normalized spacial score (nSPS) is 10.2. The fourth-order valence-electron chi connectivity index (χ4n) is 0.959. The van der Waals surface area contributed by atoms with Crippen LogP contribution < -0.4 is 15.8 Å². The number of ether oxygens (including phenoxy) is 1. The van der Waals surface area contributed by atoms with Gasteiger partial charge in [-0.2, -0.15) is 0 Å². The molecule has 0 saturated heterocycles. The number of hydrogen-bond acceptors (Lipinski definition) is 5. The predicted octanol–water partition coefficient (Wildman–Crippen LogP) is 0.930. The Labute approximate surface area is 135 Å². The molecule has 0 unspecified atom stereocenters. The van der Waals surface area contributed by atoms with E-state index in [-0.39, 0.29) is 0 Å². The molecule has 7 heteroatoms. The lowest BCUT2D eigenvalue weighted by atomic mass is 10.1. The third-order valence-electron chi connectivity index (χ3n) is 2.61. The fraction of sp³-hybridized carbons (Fsp3) is 0.600. The van der Waals surface area contributed by atoms with Crippen molar-refractivity contribution in [3.63, 3.8) is 0 Å². The van der Waals surface area contributed by atoms with E-state index in [4.69, 9.17) is 10.5 Å². The monoisotopic (exact) mass is 333 g/mol. The molecule has 22 heavy (non-hydrogen) atoms. The smallest absolute Gasteiger partial charge is 0.210 e. The van der Waals surface area contributed by atoms with Gasteiger partial charge in [-0.25, -0.2) is 12.7 Å². The molecule has 6 nitrogen and oxygen atoms in total. The Morgan fingerprint density at radius 1 is 1.23 bits per heavy atom. The fourth-order valence-corrected chi connectivity index (χ4v) is 0.959. The molecule has 0 amide bonds. The number of rotatable bonds is 5. The molecule has 1 aromatic carbocycles. The van der Waals surface area contributed by atoms with Crippen LogP contribution in [0.2, 0.25) is 0 Å². The number of benzene rings is 1. The zero-order chi connectivity index (χ0) is 17.6. The molecule has 0 saturated carbocycles. The van der Waals surface area contributed by atoms with Crippen LogP contribution in [0.3, 0.4) is 0 Å². The number of methoxy groups -OCH3 is 1. The zero-order valence-electron chi connectivity index (χ0n) is 14.6. The van der Waals surface area contributed by atoms with Gasteiger partial charge in [0.2, 0.25) is 10.0 Å². The van der Waals surface area contributed by atoms with E-state index < -0.39 is 10.0 Å². The van der Waals surface area contributed by atoms with Crippen molar-refractivity contribution in [3.8, 4) is 5.75 Å². The maximum atomic E-state index is 10.3. The Balaban J connectivity index is 0. The van der Waals surface area contributed by atoms with Crippen LogP contribution in [0.5, 0.6) is 5.75 Å². The highest BCUT2D eigenvalue weighted by atomic mass is 32.2. The Morgan fingerprint density at radius 3 is 1.86 bits per heavy atom. The summed E-state index contributed by atoms with van der Waals surface area (Å²) in [6, 6.07) is 7.97. The second-order valence-electron chi connectivity index (χ2n) is 4.64. The van der Waals surface area contributed by atoms with Gasteiger partial charge in [-0.1, -0.05) is 19.1 Å². The first-order valence-corrected chi connectivity index (χ1v) is 8.92. The van der Waals surface area contributed by atoms with E-state index in [1.54, 1.807) is 7.11 Å². The van der Waals surface area contributed by atoms with Crippen LogP contribution in [0.1, 0.15) is 12.5 Å². The summed E-state index contributed by atoms with van der Waals surface area (Å²) in [6.45, 7) is 3.84. The second-order valence-corrected chi connectivity index (χ2v) is 6.84. The Kier molecular flexibility index (Phi) is 14.2. The summed E-state index contributed by atoms with van der Waals surface area (Å²) < 4.78 is 26.7. The third kappa shape index (κ3) is 13.8. The lowest BCUT2D eigenvalue weighted by molar-refractivity contribution is 0.414. The van der Waals surface area contributed by atoms with Gasteiger partial charge in [-0.05, 0) is 44.3 Å². The number of hydrogen-bond donors (Lipinski definition) is 2. The van der Waals surface area contributed by atoms with Crippen LogP contribution in [0.4, 0.5) is 0 Å². The molecule has 0 spiro atoms. The van der Waals surface area contributed by atoms with E-state index in [1.807, 2.05) is 31.3 Å². The minimum Gasteiger partial charge on any atom is -0.497 e. The molecule has 0 aromatic heterocycles. The summed E-state index contributed by atoms with van der Waals surface area (Å²) in [7, 11) is 3.68. The molecule has 0 aliphatic rings. The van der Waals surface area contributed by atoms with Gasteiger partial charge in [0.25, 0.3) is 0 Å². The van der Waals surface area contributed by atoms with Crippen molar-refractivity contribution in [2.45, 2.75) is 13.3 Å². The Bertz CT molecular complexity index is 457. The Morgan fingerprint density at radius 2 is 1.64 bits per heavy atom. The summed E-state index contributed by atoms with van der Waals surface area (Å²) in [5, 5.41) is 2.93. The topological polar surface area (TPSA) is 84.7 Å². The molecule has 0 bridgehead atoms. The minimum absolute atomic E-state index is 0.701. The van der Waals surface area contributed by atoms with Gasteiger partial charge in [0.05, 0.1) is 13.4 Å². The van der Waals surface area contributed by atoms with E-state index >= 15 is 0 Å². The maximum Gasteiger partial charge on any atom is 0.210 e. The molecule has 1 rings (SSSR count). The minimum atomic E-state index is -2.91. The first-order chi connectivity index (χ1) is 10.2. The molecular weight excluding hydrogens is 302 g/mol. The van der Waals surface area contributed by atoms with E-state index in [9.17, 15) is 8.42 Å². The molecule has 0 heterocycles. The van der Waals surface area contributed by atoms with Crippen molar-refractivity contribution >= 4 is 10.0 Å². The summed E-state index contributed by atoms with van der Waals surface area (Å²) in [4.78, 5) is 0. The van der Waals surface area contributed by atoms with Gasteiger partial charge in [0, 0.05) is 14.1 Å². The molecule has 0 aliphatic heterocycles. The molecule has 0 atom stereocenters. The number of nitrogens with two attached hydrogens (primary N) is 1. The number of nitrogens with zero attached hydrogens (tertiary/aromatic N) is 1. The Hall–Kier alpha value is -1.15. The predicted molar refractivity (Wildman–Crippen MR) is 93.9 cm³/mol. The van der Waals surface area contributed by atoms with Crippen LogP contribution in [0, 0.1) is 0 Å². The molecule has 0 radical (unpaired) electrons. The molecule has 0 fully saturated rings. The summed E-state index contributed by atoms with van der Waals surface area (Å²) in [6.07, 6.45) is 2.09.